The van der Waals surface area contributed by atoms with Crippen LogP contribution in [-0.2, 0) is 16.0 Å². The summed E-state index contributed by atoms with van der Waals surface area (Å²) in [6, 6.07) is 6.70. The summed E-state index contributed by atoms with van der Waals surface area (Å²) < 4.78 is 5.57. The van der Waals surface area contributed by atoms with Crippen molar-refractivity contribution in [3.8, 4) is 0 Å². The van der Waals surface area contributed by atoms with Gasteiger partial charge in [-0.1, -0.05) is 11.6 Å². The second-order valence-corrected chi connectivity index (χ2v) is 8.63. The first-order chi connectivity index (χ1) is 13.6. The minimum atomic E-state index is -0.261. The molecule has 2 aliphatic rings. The van der Waals surface area contributed by atoms with Crippen LogP contribution in [0.5, 0.6) is 0 Å². The predicted octanol–water partition coefficient (Wildman–Crippen LogP) is 3.76. The minimum absolute atomic E-state index is 0.00247. The Morgan fingerprint density at radius 3 is 2.79 bits per heavy atom. The molecule has 1 aliphatic carbocycles. The van der Waals surface area contributed by atoms with Gasteiger partial charge in [-0.3, -0.25) is 14.9 Å². The molecule has 1 aromatic heterocycles. The first kappa shape index (κ1) is 19.4. The van der Waals surface area contributed by atoms with Crippen LogP contribution in [0.1, 0.15) is 52.5 Å². The molecule has 1 aliphatic heterocycles. The number of carbonyl (C=O) groups excluding carboxylic acids is 2. The number of ether oxygens (including phenoxy) is 1. The molecule has 148 valence electrons. The van der Waals surface area contributed by atoms with Crippen LogP contribution in [0.4, 0.5) is 5.13 Å². The number of amides is 2. The van der Waals surface area contributed by atoms with E-state index in [-0.39, 0.29) is 23.8 Å². The smallest absolute Gasteiger partial charge is 0.257 e. The monoisotopic (exact) mass is 419 g/mol. The zero-order valence-electron chi connectivity index (χ0n) is 15.4. The van der Waals surface area contributed by atoms with Crippen LogP contribution in [0.15, 0.2) is 24.3 Å². The highest BCUT2D eigenvalue weighted by molar-refractivity contribution is 7.16. The van der Waals surface area contributed by atoms with E-state index >= 15 is 0 Å². The lowest BCUT2D eigenvalue weighted by atomic mass is 9.90. The Morgan fingerprint density at radius 1 is 1.21 bits per heavy atom. The zero-order valence-corrected chi connectivity index (χ0v) is 16.9. The second-order valence-electron chi connectivity index (χ2n) is 7.11. The van der Waals surface area contributed by atoms with Crippen LogP contribution in [-0.4, -0.2) is 36.1 Å². The summed E-state index contributed by atoms with van der Waals surface area (Å²) in [6.07, 6.45) is 4.78. The van der Waals surface area contributed by atoms with Crippen LogP contribution in [0.3, 0.4) is 0 Å². The summed E-state index contributed by atoms with van der Waals surface area (Å²) in [6.45, 7) is 1.33. The number of anilines is 1. The molecule has 1 saturated heterocycles. The van der Waals surface area contributed by atoms with Gasteiger partial charge >= 0.3 is 0 Å². The summed E-state index contributed by atoms with van der Waals surface area (Å²) in [5.41, 5.74) is 1.32. The number of carbonyl (C=O) groups is 2. The van der Waals surface area contributed by atoms with Crippen molar-refractivity contribution in [1.82, 2.24) is 10.3 Å². The normalized spacial score (nSPS) is 21.2. The summed E-state index contributed by atoms with van der Waals surface area (Å²) in [7, 11) is 0. The van der Waals surface area contributed by atoms with Gasteiger partial charge in [0, 0.05) is 28.6 Å². The van der Waals surface area contributed by atoms with Gasteiger partial charge in [0.1, 0.15) is 0 Å². The molecule has 0 spiro atoms. The SMILES string of the molecule is O=C(Nc1nc2c(s1)CCCC2C(=O)NCC1CCCO1)c1ccc(Cl)cc1. The van der Waals surface area contributed by atoms with Gasteiger partial charge in [0.25, 0.3) is 5.91 Å². The van der Waals surface area contributed by atoms with E-state index in [0.717, 1.165) is 49.3 Å². The van der Waals surface area contributed by atoms with Crippen LogP contribution in [0.25, 0.3) is 0 Å². The average molecular weight is 420 g/mol. The van der Waals surface area contributed by atoms with Gasteiger partial charge in [-0.05, 0) is 56.4 Å². The Labute approximate surface area is 172 Å². The number of rotatable bonds is 5. The van der Waals surface area contributed by atoms with Crippen LogP contribution in [0.2, 0.25) is 5.02 Å². The van der Waals surface area contributed by atoms with Gasteiger partial charge in [0.05, 0.1) is 17.7 Å². The summed E-state index contributed by atoms with van der Waals surface area (Å²) in [4.78, 5) is 30.8. The molecule has 0 saturated carbocycles. The largest absolute Gasteiger partial charge is 0.376 e. The maximum absolute atomic E-state index is 12.7. The van der Waals surface area contributed by atoms with Crippen molar-refractivity contribution in [2.45, 2.75) is 44.1 Å². The zero-order chi connectivity index (χ0) is 19.5. The molecule has 1 fully saturated rings. The first-order valence-corrected chi connectivity index (χ1v) is 10.8. The molecule has 0 radical (unpaired) electrons. The van der Waals surface area contributed by atoms with Crippen molar-refractivity contribution in [2.75, 3.05) is 18.5 Å². The summed E-state index contributed by atoms with van der Waals surface area (Å²) in [5.74, 6) is -0.498. The van der Waals surface area contributed by atoms with Gasteiger partial charge < -0.3 is 10.1 Å². The molecular formula is C20H22ClN3O3S. The molecule has 2 N–H and O–H groups in total. The van der Waals surface area contributed by atoms with E-state index in [2.05, 4.69) is 15.6 Å². The van der Waals surface area contributed by atoms with Crippen LogP contribution < -0.4 is 10.6 Å². The molecule has 2 amide bonds. The lowest BCUT2D eigenvalue weighted by molar-refractivity contribution is -0.123. The van der Waals surface area contributed by atoms with Gasteiger partial charge in [0.2, 0.25) is 5.91 Å². The third-order valence-electron chi connectivity index (χ3n) is 5.13. The van der Waals surface area contributed by atoms with Crippen molar-refractivity contribution in [3.63, 3.8) is 0 Å². The Bertz CT molecular complexity index is 862. The van der Waals surface area contributed by atoms with Crippen molar-refractivity contribution in [1.29, 1.82) is 0 Å². The number of aryl methyl sites for hydroxylation is 1. The van der Waals surface area contributed by atoms with Crippen molar-refractivity contribution >= 4 is 39.9 Å². The molecule has 2 unspecified atom stereocenters. The van der Waals surface area contributed by atoms with Gasteiger partial charge in [-0.15, -0.1) is 11.3 Å². The highest BCUT2D eigenvalue weighted by atomic mass is 35.5. The number of benzene rings is 1. The molecule has 2 atom stereocenters. The lowest BCUT2D eigenvalue weighted by Crippen LogP contribution is -2.36. The fraction of sp³-hybridized carbons (Fsp3) is 0.450. The van der Waals surface area contributed by atoms with E-state index in [1.807, 2.05) is 0 Å². The Balaban J connectivity index is 1.43. The molecule has 6 nitrogen and oxygen atoms in total. The molecule has 2 heterocycles. The fourth-order valence-electron chi connectivity index (χ4n) is 3.64. The number of hydrogen-bond donors (Lipinski definition) is 2. The fourth-order valence-corrected chi connectivity index (χ4v) is 4.83. The van der Waals surface area contributed by atoms with Gasteiger partial charge in [-0.25, -0.2) is 4.98 Å². The third kappa shape index (κ3) is 4.37. The molecular weight excluding hydrogens is 398 g/mol. The number of nitrogens with one attached hydrogen (secondary N) is 2. The van der Waals surface area contributed by atoms with Crippen molar-refractivity contribution in [3.05, 3.63) is 45.4 Å². The van der Waals surface area contributed by atoms with Crippen molar-refractivity contribution < 1.29 is 14.3 Å². The van der Waals surface area contributed by atoms with E-state index in [0.29, 0.717) is 22.3 Å². The summed E-state index contributed by atoms with van der Waals surface area (Å²) >= 11 is 7.32. The number of hydrogen-bond acceptors (Lipinski definition) is 5. The van der Waals surface area contributed by atoms with E-state index in [1.165, 1.54) is 11.3 Å². The topological polar surface area (TPSA) is 80.3 Å². The molecule has 4 rings (SSSR count). The minimum Gasteiger partial charge on any atom is -0.376 e. The van der Waals surface area contributed by atoms with Crippen LogP contribution >= 0.6 is 22.9 Å². The quantitative estimate of drug-likeness (QED) is 0.773. The number of thiazole rings is 1. The van der Waals surface area contributed by atoms with Gasteiger partial charge in [-0.2, -0.15) is 0 Å². The van der Waals surface area contributed by atoms with Crippen LogP contribution in [0, 0.1) is 0 Å². The molecule has 28 heavy (non-hydrogen) atoms. The van der Waals surface area contributed by atoms with E-state index in [9.17, 15) is 9.59 Å². The molecule has 0 bridgehead atoms. The van der Waals surface area contributed by atoms with E-state index in [4.69, 9.17) is 16.3 Å². The lowest BCUT2D eigenvalue weighted by Gasteiger charge is -2.21. The highest BCUT2D eigenvalue weighted by Crippen LogP contribution is 2.37. The summed E-state index contributed by atoms with van der Waals surface area (Å²) in [5, 5.41) is 6.97. The number of halogens is 1. The highest BCUT2D eigenvalue weighted by Gasteiger charge is 2.31. The maximum atomic E-state index is 12.7. The molecule has 2 aromatic rings. The number of aromatic nitrogens is 1. The standard InChI is InChI=1S/C20H22ClN3O3S/c21-13-8-6-12(7-9-13)18(25)24-20-23-17-15(4-1-5-16(17)28-20)19(26)22-11-14-3-2-10-27-14/h6-9,14-15H,1-5,10-11H2,(H,22,26)(H,23,24,25). The Kier molecular flexibility index (Phi) is 5.94. The molecule has 1 aromatic carbocycles. The Hall–Kier alpha value is -1.96. The third-order valence-corrected chi connectivity index (χ3v) is 6.42. The predicted molar refractivity (Wildman–Crippen MR) is 109 cm³/mol. The molecule has 8 heteroatoms. The number of fused-ring (bicyclic) bond motifs is 1. The van der Waals surface area contributed by atoms with E-state index in [1.54, 1.807) is 24.3 Å². The average Bonchev–Trinajstić information content (AvgIpc) is 3.35. The van der Waals surface area contributed by atoms with Gasteiger partial charge in [0.15, 0.2) is 5.13 Å². The van der Waals surface area contributed by atoms with E-state index < -0.39 is 0 Å². The maximum Gasteiger partial charge on any atom is 0.257 e. The second kappa shape index (κ2) is 8.59. The first-order valence-electron chi connectivity index (χ1n) is 9.56. The Morgan fingerprint density at radius 2 is 2.04 bits per heavy atom. The number of nitrogens with zero attached hydrogens (tertiary/aromatic N) is 1. The van der Waals surface area contributed by atoms with Crippen molar-refractivity contribution in [2.24, 2.45) is 0 Å².